The van der Waals surface area contributed by atoms with Crippen LogP contribution in [0, 0.1) is 5.41 Å². The Hall–Kier alpha value is -0.610. The highest BCUT2D eigenvalue weighted by atomic mass is 16.5. The minimum absolute atomic E-state index is 0.116. The fourth-order valence-corrected chi connectivity index (χ4v) is 2.64. The number of carbonyl (C=O) groups is 1. The van der Waals surface area contributed by atoms with Crippen molar-refractivity contribution in [3.05, 3.63) is 0 Å². The number of hydrogen-bond donors (Lipinski definition) is 1. The van der Waals surface area contributed by atoms with Crippen molar-refractivity contribution >= 4 is 5.97 Å². The van der Waals surface area contributed by atoms with Gasteiger partial charge in [0.15, 0.2) is 0 Å². The molecule has 0 aromatic carbocycles. The summed E-state index contributed by atoms with van der Waals surface area (Å²) in [5.74, 6) is -0.116. The predicted octanol–water partition coefficient (Wildman–Crippen LogP) is 2.04. The van der Waals surface area contributed by atoms with Crippen LogP contribution < -0.4 is 5.32 Å². The zero-order chi connectivity index (χ0) is 14.5. The Balaban J connectivity index is 2.42. The SMILES string of the molecule is CCOC(=O)C(CCN1CCC(C)(C)C1)NC(C)C. The number of esters is 1. The lowest BCUT2D eigenvalue weighted by Gasteiger charge is -2.24. The van der Waals surface area contributed by atoms with E-state index in [9.17, 15) is 4.79 Å². The van der Waals surface area contributed by atoms with Gasteiger partial charge in [0, 0.05) is 19.1 Å². The molecule has 0 bridgehead atoms. The van der Waals surface area contributed by atoms with Crippen LogP contribution in [0.5, 0.6) is 0 Å². The summed E-state index contributed by atoms with van der Waals surface area (Å²) in [6.07, 6.45) is 2.07. The van der Waals surface area contributed by atoms with Gasteiger partial charge in [-0.25, -0.2) is 0 Å². The number of ether oxygens (including phenoxy) is 1. The van der Waals surface area contributed by atoms with Crippen LogP contribution in [-0.4, -0.2) is 49.2 Å². The van der Waals surface area contributed by atoms with Gasteiger partial charge in [-0.15, -0.1) is 0 Å². The first-order valence-corrected chi connectivity index (χ1v) is 7.49. The molecule has 0 radical (unpaired) electrons. The van der Waals surface area contributed by atoms with Crippen molar-refractivity contribution in [3.8, 4) is 0 Å². The van der Waals surface area contributed by atoms with Crippen LogP contribution in [0.4, 0.5) is 0 Å². The molecule has 1 fully saturated rings. The highest BCUT2D eigenvalue weighted by molar-refractivity contribution is 5.75. The fourth-order valence-electron chi connectivity index (χ4n) is 2.64. The molecule has 1 unspecified atom stereocenters. The summed E-state index contributed by atoms with van der Waals surface area (Å²) in [5, 5.41) is 3.31. The molecule has 1 N–H and O–H groups in total. The molecule has 0 aromatic rings. The largest absolute Gasteiger partial charge is 0.465 e. The Bertz CT molecular complexity index is 290. The Morgan fingerprint density at radius 3 is 2.58 bits per heavy atom. The first kappa shape index (κ1) is 16.4. The number of rotatable bonds is 7. The lowest BCUT2D eigenvalue weighted by Crippen LogP contribution is -2.44. The maximum Gasteiger partial charge on any atom is 0.323 e. The molecule has 0 aliphatic carbocycles. The lowest BCUT2D eigenvalue weighted by molar-refractivity contribution is -0.146. The van der Waals surface area contributed by atoms with Crippen molar-refractivity contribution in [3.63, 3.8) is 0 Å². The van der Waals surface area contributed by atoms with E-state index in [2.05, 4.69) is 37.9 Å². The topological polar surface area (TPSA) is 41.6 Å². The molecular weight excluding hydrogens is 240 g/mol. The van der Waals surface area contributed by atoms with Gasteiger partial charge in [0.25, 0.3) is 0 Å². The van der Waals surface area contributed by atoms with Gasteiger partial charge in [0.1, 0.15) is 6.04 Å². The molecule has 1 aliphatic heterocycles. The summed E-state index contributed by atoms with van der Waals surface area (Å²) < 4.78 is 5.14. The minimum Gasteiger partial charge on any atom is -0.465 e. The van der Waals surface area contributed by atoms with E-state index in [4.69, 9.17) is 4.74 Å². The quantitative estimate of drug-likeness (QED) is 0.719. The summed E-state index contributed by atoms with van der Waals surface area (Å²) in [6.45, 7) is 14.3. The Morgan fingerprint density at radius 1 is 1.42 bits per heavy atom. The van der Waals surface area contributed by atoms with Crippen molar-refractivity contribution in [2.24, 2.45) is 5.41 Å². The number of carbonyl (C=O) groups excluding carboxylic acids is 1. The second-order valence-electron chi connectivity index (χ2n) is 6.61. The van der Waals surface area contributed by atoms with Gasteiger partial charge in [0.2, 0.25) is 0 Å². The van der Waals surface area contributed by atoms with Crippen molar-refractivity contribution in [1.29, 1.82) is 0 Å². The van der Waals surface area contributed by atoms with Crippen LogP contribution in [0.1, 0.15) is 47.5 Å². The molecule has 1 atom stereocenters. The molecule has 0 spiro atoms. The maximum atomic E-state index is 11.9. The van der Waals surface area contributed by atoms with Crippen molar-refractivity contribution in [1.82, 2.24) is 10.2 Å². The smallest absolute Gasteiger partial charge is 0.323 e. The zero-order valence-corrected chi connectivity index (χ0v) is 13.2. The average molecular weight is 270 g/mol. The third-order valence-corrected chi connectivity index (χ3v) is 3.60. The summed E-state index contributed by atoms with van der Waals surface area (Å²) in [4.78, 5) is 14.4. The van der Waals surface area contributed by atoms with Crippen molar-refractivity contribution in [2.75, 3.05) is 26.2 Å². The van der Waals surface area contributed by atoms with E-state index in [0.717, 1.165) is 26.1 Å². The molecule has 112 valence electrons. The van der Waals surface area contributed by atoms with E-state index in [0.29, 0.717) is 18.1 Å². The number of nitrogens with zero attached hydrogens (tertiary/aromatic N) is 1. The molecule has 0 aromatic heterocycles. The molecule has 1 heterocycles. The van der Waals surface area contributed by atoms with E-state index in [1.165, 1.54) is 6.42 Å². The molecule has 1 rings (SSSR count). The second kappa shape index (κ2) is 7.25. The van der Waals surface area contributed by atoms with Crippen molar-refractivity contribution < 1.29 is 9.53 Å². The first-order valence-electron chi connectivity index (χ1n) is 7.49. The minimum atomic E-state index is -0.177. The Labute approximate surface area is 117 Å². The molecule has 19 heavy (non-hydrogen) atoms. The van der Waals surface area contributed by atoms with E-state index < -0.39 is 0 Å². The summed E-state index contributed by atoms with van der Waals surface area (Å²) in [6, 6.07) is 0.119. The number of likely N-dealkylation sites (tertiary alicyclic amines) is 1. The van der Waals surface area contributed by atoms with Crippen LogP contribution >= 0.6 is 0 Å². The fraction of sp³-hybridized carbons (Fsp3) is 0.933. The lowest BCUT2D eigenvalue weighted by atomic mass is 9.93. The predicted molar refractivity (Wildman–Crippen MR) is 78.1 cm³/mol. The third kappa shape index (κ3) is 5.91. The van der Waals surface area contributed by atoms with Crippen LogP contribution in [0.25, 0.3) is 0 Å². The van der Waals surface area contributed by atoms with Gasteiger partial charge in [-0.3, -0.25) is 4.79 Å². The molecular formula is C15H30N2O2. The standard InChI is InChI=1S/C15H30N2O2/c1-6-19-14(18)13(16-12(2)3)7-9-17-10-8-15(4,5)11-17/h12-13,16H,6-11H2,1-5H3. The van der Waals surface area contributed by atoms with Gasteiger partial charge in [-0.05, 0) is 31.7 Å². The van der Waals surface area contributed by atoms with Gasteiger partial charge >= 0.3 is 5.97 Å². The summed E-state index contributed by atoms with van der Waals surface area (Å²) in [5.41, 5.74) is 0.422. The van der Waals surface area contributed by atoms with Gasteiger partial charge < -0.3 is 15.0 Å². The molecule has 1 aliphatic rings. The second-order valence-corrected chi connectivity index (χ2v) is 6.61. The Morgan fingerprint density at radius 2 is 2.11 bits per heavy atom. The number of nitrogens with one attached hydrogen (secondary N) is 1. The first-order chi connectivity index (χ1) is 8.84. The highest BCUT2D eigenvalue weighted by Gasteiger charge is 2.30. The molecule has 0 saturated carbocycles. The van der Waals surface area contributed by atoms with E-state index in [1.807, 2.05) is 6.92 Å². The number of hydrogen-bond acceptors (Lipinski definition) is 4. The van der Waals surface area contributed by atoms with E-state index in [1.54, 1.807) is 0 Å². The van der Waals surface area contributed by atoms with Crippen LogP contribution in [0.2, 0.25) is 0 Å². The van der Waals surface area contributed by atoms with Gasteiger partial charge in [0.05, 0.1) is 6.61 Å². The summed E-state index contributed by atoms with van der Waals surface area (Å²) >= 11 is 0. The molecule has 1 saturated heterocycles. The molecule has 4 nitrogen and oxygen atoms in total. The van der Waals surface area contributed by atoms with E-state index in [-0.39, 0.29) is 12.0 Å². The Kier molecular flexibility index (Phi) is 6.27. The van der Waals surface area contributed by atoms with Gasteiger partial charge in [-0.2, -0.15) is 0 Å². The van der Waals surface area contributed by atoms with Crippen LogP contribution in [0.15, 0.2) is 0 Å². The maximum absolute atomic E-state index is 11.9. The molecule has 0 amide bonds. The summed E-state index contributed by atoms with van der Waals surface area (Å²) in [7, 11) is 0. The highest BCUT2D eigenvalue weighted by Crippen LogP contribution is 2.28. The normalized spacial score (nSPS) is 20.7. The monoisotopic (exact) mass is 270 g/mol. The average Bonchev–Trinajstić information content (AvgIpc) is 2.64. The third-order valence-electron chi connectivity index (χ3n) is 3.60. The van der Waals surface area contributed by atoms with Gasteiger partial charge in [-0.1, -0.05) is 27.7 Å². The van der Waals surface area contributed by atoms with Crippen LogP contribution in [-0.2, 0) is 9.53 Å². The van der Waals surface area contributed by atoms with E-state index >= 15 is 0 Å². The van der Waals surface area contributed by atoms with Crippen LogP contribution in [0.3, 0.4) is 0 Å². The molecule has 4 heteroatoms. The zero-order valence-electron chi connectivity index (χ0n) is 13.2. The van der Waals surface area contributed by atoms with Crippen molar-refractivity contribution in [2.45, 2.75) is 59.5 Å².